The number of benzene rings is 1. The molecule has 1 aliphatic rings. The van der Waals surface area contributed by atoms with E-state index >= 15 is 0 Å². The summed E-state index contributed by atoms with van der Waals surface area (Å²) in [4.78, 5) is 8.99. The lowest BCUT2D eigenvalue weighted by atomic mass is 10.1. The van der Waals surface area contributed by atoms with Gasteiger partial charge in [-0.2, -0.15) is 4.98 Å². The lowest BCUT2D eigenvalue weighted by Gasteiger charge is -2.16. The molecule has 0 saturated heterocycles. The van der Waals surface area contributed by atoms with Crippen LogP contribution in [-0.2, 0) is 6.42 Å². The fourth-order valence-electron chi connectivity index (χ4n) is 3.50. The monoisotopic (exact) mass is 370 g/mol. The number of rotatable bonds is 8. The molecule has 0 atom stereocenters. The van der Waals surface area contributed by atoms with Crippen LogP contribution in [0.5, 0.6) is 11.5 Å². The van der Waals surface area contributed by atoms with E-state index in [1.807, 2.05) is 24.4 Å². The molecule has 2 N–H and O–H groups in total. The molecule has 0 spiro atoms. The molecule has 0 amide bonds. The maximum Gasteiger partial charge on any atom is 0.224 e. The normalized spacial score (nSPS) is 15.0. The minimum Gasteiger partial charge on any atom is -0.493 e. The van der Waals surface area contributed by atoms with E-state index < -0.39 is 0 Å². The van der Waals surface area contributed by atoms with E-state index in [2.05, 4.69) is 26.7 Å². The number of nitrogens with one attached hydrogen (secondary N) is 2. The van der Waals surface area contributed by atoms with Crippen molar-refractivity contribution in [2.45, 2.75) is 51.0 Å². The molecule has 3 rings (SSSR count). The van der Waals surface area contributed by atoms with Gasteiger partial charge in [-0.25, -0.2) is 4.98 Å². The zero-order valence-corrected chi connectivity index (χ0v) is 16.3. The fraction of sp³-hybridized carbons (Fsp3) is 0.524. The van der Waals surface area contributed by atoms with Gasteiger partial charge in [-0.15, -0.1) is 0 Å². The van der Waals surface area contributed by atoms with E-state index in [4.69, 9.17) is 9.47 Å². The van der Waals surface area contributed by atoms with E-state index in [0.29, 0.717) is 6.04 Å². The van der Waals surface area contributed by atoms with Crippen LogP contribution in [-0.4, -0.2) is 36.8 Å². The number of hydrogen-bond acceptors (Lipinski definition) is 6. The summed E-state index contributed by atoms with van der Waals surface area (Å²) >= 11 is 0. The van der Waals surface area contributed by atoms with Crippen LogP contribution in [0.4, 0.5) is 11.8 Å². The van der Waals surface area contributed by atoms with Crippen LogP contribution in [0.3, 0.4) is 0 Å². The van der Waals surface area contributed by atoms with Crippen molar-refractivity contribution >= 4 is 11.8 Å². The van der Waals surface area contributed by atoms with Gasteiger partial charge in [-0.3, -0.25) is 0 Å². The summed E-state index contributed by atoms with van der Waals surface area (Å²) in [6.45, 7) is 0.787. The van der Waals surface area contributed by atoms with Crippen molar-refractivity contribution in [1.29, 1.82) is 0 Å². The highest BCUT2D eigenvalue weighted by Gasteiger charge is 2.13. The quantitative estimate of drug-likeness (QED) is 0.676. The summed E-state index contributed by atoms with van der Waals surface area (Å²) in [6.07, 6.45) is 10.4. The molecular weight excluding hydrogens is 340 g/mol. The highest BCUT2D eigenvalue weighted by Crippen LogP contribution is 2.27. The van der Waals surface area contributed by atoms with Gasteiger partial charge in [0.1, 0.15) is 5.82 Å². The van der Waals surface area contributed by atoms with Gasteiger partial charge in [-0.05, 0) is 43.0 Å². The lowest BCUT2D eigenvalue weighted by molar-refractivity contribution is 0.354. The van der Waals surface area contributed by atoms with Crippen molar-refractivity contribution in [3.63, 3.8) is 0 Å². The molecule has 6 heteroatoms. The number of anilines is 2. The Morgan fingerprint density at radius 1 is 1.00 bits per heavy atom. The molecule has 1 heterocycles. The van der Waals surface area contributed by atoms with E-state index in [1.165, 1.54) is 44.1 Å². The molecule has 1 saturated carbocycles. The second-order valence-corrected chi connectivity index (χ2v) is 6.96. The Hall–Kier alpha value is -2.50. The van der Waals surface area contributed by atoms with Gasteiger partial charge in [0.15, 0.2) is 11.5 Å². The second-order valence-electron chi connectivity index (χ2n) is 6.96. The topological polar surface area (TPSA) is 68.3 Å². The molecule has 146 valence electrons. The molecule has 0 unspecified atom stereocenters. The van der Waals surface area contributed by atoms with Crippen molar-refractivity contribution in [3.8, 4) is 11.5 Å². The van der Waals surface area contributed by atoms with Crippen LogP contribution in [0.1, 0.15) is 44.1 Å². The Morgan fingerprint density at radius 2 is 1.78 bits per heavy atom. The van der Waals surface area contributed by atoms with Gasteiger partial charge in [0, 0.05) is 18.8 Å². The summed E-state index contributed by atoms with van der Waals surface area (Å²) in [7, 11) is 3.30. The van der Waals surface area contributed by atoms with E-state index in [1.54, 1.807) is 14.2 Å². The van der Waals surface area contributed by atoms with Crippen molar-refractivity contribution < 1.29 is 9.47 Å². The maximum atomic E-state index is 5.36. The van der Waals surface area contributed by atoms with Crippen molar-refractivity contribution in [3.05, 3.63) is 36.0 Å². The molecule has 1 fully saturated rings. The fourth-order valence-corrected chi connectivity index (χ4v) is 3.50. The Kier molecular flexibility index (Phi) is 7.13. The SMILES string of the molecule is COc1ccc(CCNc2ccnc(NC3CCCCCC3)n2)cc1OC. The summed E-state index contributed by atoms with van der Waals surface area (Å²) in [5, 5.41) is 6.89. The van der Waals surface area contributed by atoms with Crippen LogP contribution in [0.25, 0.3) is 0 Å². The lowest BCUT2D eigenvalue weighted by Crippen LogP contribution is -2.20. The minimum absolute atomic E-state index is 0.495. The zero-order valence-electron chi connectivity index (χ0n) is 16.3. The molecule has 2 aromatic rings. The molecule has 0 bridgehead atoms. The van der Waals surface area contributed by atoms with Crippen molar-refractivity contribution in [2.24, 2.45) is 0 Å². The van der Waals surface area contributed by atoms with Gasteiger partial charge < -0.3 is 20.1 Å². The predicted octanol–water partition coefficient (Wildman–Crippen LogP) is 4.28. The molecule has 0 aliphatic heterocycles. The Balaban J connectivity index is 1.52. The summed E-state index contributed by atoms with van der Waals surface area (Å²) < 4.78 is 10.6. The first kappa shape index (κ1) is 19.3. The summed E-state index contributed by atoms with van der Waals surface area (Å²) in [6, 6.07) is 8.41. The van der Waals surface area contributed by atoms with Crippen LogP contribution in [0.2, 0.25) is 0 Å². The number of aromatic nitrogens is 2. The Labute approximate surface area is 161 Å². The number of nitrogens with zero attached hydrogens (tertiary/aromatic N) is 2. The number of ether oxygens (including phenoxy) is 2. The largest absolute Gasteiger partial charge is 0.493 e. The Morgan fingerprint density at radius 3 is 2.52 bits per heavy atom. The van der Waals surface area contributed by atoms with Crippen LogP contribution in [0.15, 0.2) is 30.5 Å². The van der Waals surface area contributed by atoms with Gasteiger partial charge in [0.25, 0.3) is 0 Å². The summed E-state index contributed by atoms with van der Waals surface area (Å²) in [5.74, 6) is 3.07. The standard InChI is InChI=1S/C21H30N4O2/c1-26-18-10-9-16(15-19(18)27-2)11-13-22-20-12-14-23-21(25-20)24-17-7-5-3-4-6-8-17/h9-10,12,14-15,17H,3-8,11,13H2,1-2H3,(H2,22,23,24,25). The molecule has 6 nitrogen and oxygen atoms in total. The third kappa shape index (κ3) is 5.74. The third-order valence-electron chi connectivity index (χ3n) is 5.01. The first-order chi connectivity index (χ1) is 13.3. The second kappa shape index (κ2) is 10.00. The predicted molar refractivity (Wildman–Crippen MR) is 109 cm³/mol. The third-order valence-corrected chi connectivity index (χ3v) is 5.01. The van der Waals surface area contributed by atoms with Crippen molar-refractivity contribution in [1.82, 2.24) is 9.97 Å². The average molecular weight is 370 g/mol. The summed E-state index contributed by atoms with van der Waals surface area (Å²) in [5.41, 5.74) is 1.19. The van der Waals surface area contributed by atoms with Crippen molar-refractivity contribution in [2.75, 3.05) is 31.4 Å². The molecule has 0 radical (unpaired) electrons. The van der Waals surface area contributed by atoms with Gasteiger partial charge in [0.2, 0.25) is 5.95 Å². The highest BCUT2D eigenvalue weighted by atomic mass is 16.5. The first-order valence-electron chi connectivity index (χ1n) is 9.83. The smallest absolute Gasteiger partial charge is 0.224 e. The van der Waals surface area contributed by atoms with E-state index in [9.17, 15) is 0 Å². The number of hydrogen-bond donors (Lipinski definition) is 2. The Bertz CT molecular complexity index is 715. The molecular formula is C21H30N4O2. The zero-order chi connectivity index (χ0) is 18.9. The van der Waals surface area contributed by atoms with E-state index in [0.717, 1.165) is 36.2 Å². The van der Waals surface area contributed by atoms with Gasteiger partial charge >= 0.3 is 0 Å². The molecule has 27 heavy (non-hydrogen) atoms. The number of methoxy groups -OCH3 is 2. The van der Waals surface area contributed by atoms with Gasteiger partial charge in [0.05, 0.1) is 14.2 Å². The van der Waals surface area contributed by atoms with Crippen LogP contribution < -0.4 is 20.1 Å². The maximum absolute atomic E-state index is 5.36. The molecule has 1 aromatic heterocycles. The van der Waals surface area contributed by atoms with Crippen LogP contribution >= 0.6 is 0 Å². The minimum atomic E-state index is 0.495. The van der Waals surface area contributed by atoms with Gasteiger partial charge in [-0.1, -0.05) is 31.7 Å². The molecule has 1 aromatic carbocycles. The average Bonchev–Trinajstić information content (AvgIpc) is 2.97. The van der Waals surface area contributed by atoms with E-state index in [-0.39, 0.29) is 0 Å². The first-order valence-corrected chi connectivity index (χ1v) is 9.83. The highest BCUT2D eigenvalue weighted by molar-refractivity contribution is 5.44. The van der Waals surface area contributed by atoms with Crippen LogP contribution in [0, 0.1) is 0 Å². The molecule has 1 aliphatic carbocycles.